The summed E-state index contributed by atoms with van der Waals surface area (Å²) in [5.74, 6) is 3.96. The van der Waals surface area contributed by atoms with Crippen molar-refractivity contribution in [3.05, 3.63) is 20.8 Å². The zero-order valence-electron chi connectivity index (χ0n) is 8.37. The van der Waals surface area contributed by atoms with Crippen LogP contribution < -0.4 is 5.32 Å². The molecule has 0 aromatic carbocycles. The van der Waals surface area contributed by atoms with Gasteiger partial charge >= 0.3 is 0 Å². The average molecular weight is 324 g/mol. The summed E-state index contributed by atoms with van der Waals surface area (Å²) in [7, 11) is 0. The van der Waals surface area contributed by atoms with Gasteiger partial charge in [0.25, 0.3) is 0 Å². The molecule has 1 unspecified atom stereocenters. The Morgan fingerprint density at radius 2 is 2.40 bits per heavy atom. The lowest BCUT2D eigenvalue weighted by atomic mass is 10.3. The van der Waals surface area contributed by atoms with E-state index in [1.54, 1.807) is 11.3 Å². The maximum atomic E-state index is 3.54. The summed E-state index contributed by atoms with van der Waals surface area (Å²) >= 11 is 9.44. The van der Waals surface area contributed by atoms with Crippen LogP contribution in [0, 0.1) is 0 Å². The van der Waals surface area contributed by atoms with Crippen LogP contribution in [0.2, 0.25) is 0 Å². The molecular formula is C10H14BrNS3. The molecule has 1 fully saturated rings. The molecule has 0 spiro atoms. The van der Waals surface area contributed by atoms with Crippen LogP contribution in [-0.4, -0.2) is 29.1 Å². The fourth-order valence-electron chi connectivity index (χ4n) is 1.47. The van der Waals surface area contributed by atoms with E-state index in [2.05, 4.69) is 56.2 Å². The van der Waals surface area contributed by atoms with Gasteiger partial charge < -0.3 is 5.32 Å². The molecular weight excluding hydrogens is 310 g/mol. The molecule has 0 bridgehead atoms. The summed E-state index contributed by atoms with van der Waals surface area (Å²) in [6.07, 6.45) is 0. The second-order valence-corrected chi connectivity index (χ2v) is 8.31. The molecule has 1 atom stereocenters. The van der Waals surface area contributed by atoms with E-state index in [0.717, 1.165) is 18.3 Å². The van der Waals surface area contributed by atoms with Crippen LogP contribution in [0.3, 0.4) is 0 Å². The van der Waals surface area contributed by atoms with Gasteiger partial charge in [-0.25, -0.2) is 0 Å². The van der Waals surface area contributed by atoms with E-state index < -0.39 is 0 Å². The first-order valence-electron chi connectivity index (χ1n) is 4.97. The van der Waals surface area contributed by atoms with Crippen molar-refractivity contribution in [3.8, 4) is 0 Å². The SMILES string of the molecule is Brc1cc(CNCC2CSCCS2)cs1. The smallest absolute Gasteiger partial charge is 0.0701 e. The molecule has 2 heterocycles. The summed E-state index contributed by atoms with van der Waals surface area (Å²) in [6, 6.07) is 2.19. The van der Waals surface area contributed by atoms with Gasteiger partial charge in [0, 0.05) is 35.6 Å². The Morgan fingerprint density at radius 1 is 1.47 bits per heavy atom. The van der Waals surface area contributed by atoms with Gasteiger partial charge in [-0.15, -0.1) is 11.3 Å². The van der Waals surface area contributed by atoms with E-state index in [0.29, 0.717) is 0 Å². The van der Waals surface area contributed by atoms with Crippen molar-refractivity contribution in [2.24, 2.45) is 0 Å². The quantitative estimate of drug-likeness (QED) is 0.911. The maximum Gasteiger partial charge on any atom is 0.0701 e. The van der Waals surface area contributed by atoms with Gasteiger partial charge in [0.05, 0.1) is 3.79 Å². The van der Waals surface area contributed by atoms with Crippen molar-refractivity contribution >= 4 is 50.8 Å². The van der Waals surface area contributed by atoms with Crippen LogP contribution in [0.15, 0.2) is 15.2 Å². The van der Waals surface area contributed by atoms with Gasteiger partial charge in [-0.1, -0.05) is 0 Å². The highest BCUT2D eigenvalue weighted by molar-refractivity contribution is 9.11. The molecule has 0 aliphatic carbocycles. The molecule has 1 aromatic heterocycles. The summed E-state index contributed by atoms with van der Waals surface area (Å²) in [5, 5.41) is 6.56. The van der Waals surface area contributed by atoms with Crippen LogP contribution in [0.5, 0.6) is 0 Å². The summed E-state index contributed by atoms with van der Waals surface area (Å²) < 4.78 is 1.22. The molecule has 0 amide bonds. The van der Waals surface area contributed by atoms with E-state index in [1.807, 2.05) is 0 Å². The predicted molar refractivity (Wildman–Crippen MR) is 77.3 cm³/mol. The summed E-state index contributed by atoms with van der Waals surface area (Å²) in [5.41, 5.74) is 1.39. The van der Waals surface area contributed by atoms with Gasteiger partial charge in [-0.2, -0.15) is 23.5 Å². The first-order chi connectivity index (χ1) is 7.34. The molecule has 15 heavy (non-hydrogen) atoms. The number of rotatable bonds is 4. The summed E-state index contributed by atoms with van der Waals surface area (Å²) in [4.78, 5) is 0. The fourth-order valence-corrected chi connectivity index (χ4v) is 5.33. The highest BCUT2D eigenvalue weighted by atomic mass is 79.9. The predicted octanol–water partition coefficient (Wildman–Crippen LogP) is 3.45. The molecule has 0 saturated carbocycles. The fraction of sp³-hybridized carbons (Fsp3) is 0.600. The normalized spacial score (nSPS) is 21.8. The van der Waals surface area contributed by atoms with Gasteiger partial charge in [-0.3, -0.25) is 0 Å². The van der Waals surface area contributed by atoms with Crippen molar-refractivity contribution in [2.75, 3.05) is 23.8 Å². The largest absolute Gasteiger partial charge is 0.312 e. The monoisotopic (exact) mass is 323 g/mol. The Bertz CT molecular complexity index is 297. The molecule has 5 heteroatoms. The highest BCUT2D eigenvalue weighted by Crippen LogP contribution is 2.24. The van der Waals surface area contributed by atoms with Crippen LogP contribution in [0.1, 0.15) is 5.56 Å². The molecule has 2 rings (SSSR count). The number of thioether (sulfide) groups is 2. The Morgan fingerprint density at radius 3 is 3.07 bits per heavy atom. The third kappa shape index (κ3) is 4.30. The Hall–Kier alpha value is 0.840. The standard InChI is InChI=1S/C10H14BrNS3/c11-10-3-8(6-15-10)4-12-5-9-7-13-1-2-14-9/h3,6,9,12H,1-2,4-5,7H2. The number of hydrogen-bond acceptors (Lipinski definition) is 4. The molecule has 84 valence electrons. The average Bonchev–Trinajstić information content (AvgIpc) is 2.66. The van der Waals surface area contributed by atoms with E-state index in [-0.39, 0.29) is 0 Å². The third-order valence-electron chi connectivity index (χ3n) is 2.21. The minimum Gasteiger partial charge on any atom is -0.312 e. The first kappa shape index (κ1) is 12.3. The lowest BCUT2D eigenvalue weighted by molar-refractivity contribution is 0.687. The van der Waals surface area contributed by atoms with Crippen LogP contribution in [0.25, 0.3) is 0 Å². The number of thiophene rings is 1. The Balaban J connectivity index is 1.65. The minimum atomic E-state index is 0.811. The minimum absolute atomic E-state index is 0.811. The van der Waals surface area contributed by atoms with E-state index in [4.69, 9.17) is 0 Å². The molecule has 1 saturated heterocycles. The lowest BCUT2D eigenvalue weighted by Crippen LogP contribution is -2.28. The Labute approximate surface area is 112 Å². The third-order valence-corrected chi connectivity index (χ3v) is 6.61. The number of halogens is 1. The van der Waals surface area contributed by atoms with Crippen molar-refractivity contribution < 1.29 is 0 Å². The Kier molecular flexibility index (Phi) is 5.37. The van der Waals surface area contributed by atoms with Crippen molar-refractivity contribution in [1.29, 1.82) is 0 Å². The first-order valence-corrected chi connectivity index (χ1v) is 8.85. The molecule has 0 radical (unpaired) electrons. The van der Waals surface area contributed by atoms with Gasteiger partial charge in [0.2, 0.25) is 0 Å². The second-order valence-electron chi connectivity index (χ2n) is 3.46. The summed E-state index contributed by atoms with van der Waals surface area (Å²) in [6.45, 7) is 2.15. The van der Waals surface area contributed by atoms with Crippen LogP contribution >= 0.6 is 50.8 Å². The zero-order valence-corrected chi connectivity index (χ0v) is 12.4. The van der Waals surface area contributed by atoms with Crippen molar-refractivity contribution in [3.63, 3.8) is 0 Å². The number of hydrogen-bond donors (Lipinski definition) is 1. The molecule has 1 aromatic rings. The molecule has 1 aliphatic rings. The zero-order chi connectivity index (χ0) is 10.5. The topological polar surface area (TPSA) is 12.0 Å². The van der Waals surface area contributed by atoms with E-state index >= 15 is 0 Å². The van der Waals surface area contributed by atoms with E-state index in [1.165, 1.54) is 26.6 Å². The van der Waals surface area contributed by atoms with Gasteiger partial charge in [0.1, 0.15) is 0 Å². The lowest BCUT2D eigenvalue weighted by Gasteiger charge is -2.21. The molecule has 1 nitrogen and oxygen atoms in total. The van der Waals surface area contributed by atoms with Crippen molar-refractivity contribution in [1.82, 2.24) is 5.32 Å². The maximum absolute atomic E-state index is 3.54. The van der Waals surface area contributed by atoms with E-state index in [9.17, 15) is 0 Å². The van der Waals surface area contributed by atoms with Crippen molar-refractivity contribution in [2.45, 2.75) is 11.8 Å². The molecule has 1 aliphatic heterocycles. The van der Waals surface area contributed by atoms with Gasteiger partial charge in [0.15, 0.2) is 0 Å². The second kappa shape index (κ2) is 6.55. The van der Waals surface area contributed by atoms with Gasteiger partial charge in [-0.05, 0) is 32.9 Å². The number of nitrogens with one attached hydrogen (secondary N) is 1. The molecule has 1 N–H and O–H groups in total. The van der Waals surface area contributed by atoms with Crippen LogP contribution in [-0.2, 0) is 6.54 Å². The highest BCUT2D eigenvalue weighted by Gasteiger charge is 2.13. The van der Waals surface area contributed by atoms with Crippen LogP contribution in [0.4, 0.5) is 0 Å².